The van der Waals surface area contributed by atoms with Gasteiger partial charge in [0, 0.05) is 29.1 Å². The molecule has 0 fully saturated rings. The second kappa shape index (κ2) is 14.1. The van der Waals surface area contributed by atoms with E-state index in [-0.39, 0.29) is 0 Å². The molecule has 0 aliphatic heterocycles. The predicted octanol–water partition coefficient (Wildman–Crippen LogP) is 14.5. The van der Waals surface area contributed by atoms with Gasteiger partial charge in [-0.05, 0) is 113 Å². The van der Waals surface area contributed by atoms with Gasteiger partial charge in [-0.25, -0.2) is 9.97 Å². The van der Waals surface area contributed by atoms with Gasteiger partial charge >= 0.3 is 0 Å². The van der Waals surface area contributed by atoms with Crippen LogP contribution in [0.3, 0.4) is 0 Å². The Bertz CT molecular complexity index is 3320. The zero-order chi connectivity index (χ0) is 38.4. The first-order chi connectivity index (χ1) is 28.7. The van der Waals surface area contributed by atoms with Gasteiger partial charge in [0.1, 0.15) is 0 Å². The molecular weight excluding hydrogens is 703 g/mol. The van der Waals surface area contributed by atoms with Crippen molar-refractivity contribution >= 4 is 43.1 Å². The third kappa shape index (κ3) is 5.98. The van der Waals surface area contributed by atoms with E-state index in [2.05, 4.69) is 186 Å². The molecule has 0 bridgehead atoms. The van der Waals surface area contributed by atoms with Crippen LogP contribution >= 0.6 is 0 Å². The minimum absolute atomic E-state index is 0.696. The predicted molar refractivity (Wildman–Crippen MR) is 242 cm³/mol. The lowest BCUT2D eigenvalue weighted by Crippen LogP contribution is -1.93. The molecule has 0 saturated carbocycles. The van der Waals surface area contributed by atoms with Gasteiger partial charge in [0.05, 0.1) is 11.4 Å². The lowest BCUT2D eigenvalue weighted by atomic mass is 9.84. The number of rotatable bonds is 6. The Morgan fingerprint density at radius 2 is 0.759 bits per heavy atom. The Labute approximate surface area is 336 Å². The van der Waals surface area contributed by atoms with E-state index in [0.29, 0.717) is 5.82 Å². The summed E-state index contributed by atoms with van der Waals surface area (Å²) in [6.45, 7) is 0. The van der Waals surface area contributed by atoms with Crippen molar-refractivity contribution in [1.82, 2.24) is 15.0 Å². The van der Waals surface area contributed by atoms with Crippen LogP contribution in [-0.2, 0) is 0 Å². The number of hydrogen-bond acceptors (Lipinski definition) is 3. The number of benzene rings is 9. The highest BCUT2D eigenvalue weighted by atomic mass is 14.9. The molecule has 0 atom stereocenters. The van der Waals surface area contributed by atoms with Crippen LogP contribution < -0.4 is 0 Å². The fraction of sp³-hybridized carbons (Fsp3) is 0. The molecule has 11 rings (SSSR count). The van der Waals surface area contributed by atoms with Crippen molar-refractivity contribution in [2.24, 2.45) is 0 Å². The second-order valence-corrected chi connectivity index (χ2v) is 14.8. The topological polar surface area (TPSA) is 38.7 Å². The zero-order valence-corrected chi connectivity index (χ0v) is 31.5. The van der Waals surface area contributed by atoms with E-state index in [9.17, 15) is 0 Å². The fourth-order valence-electron chi connectivity index (χ4n) is 8.49. The summed E-state index contributed by atoms with van der Waals surface area (Å²) in [5.41, 5.74) is 12.1. The largest absolute Gasteiger partial charge is 0.256 e. The van der Waals surface area contributed by atoms with Gasteiger partial charge in [0.25, 0.3) is 0 Å². The Balaban J connectivity index is 1.03. The molecule has 0 aliphatic carbocycles. The molecule has 0 aliphatic rings. The van der Waals surface area contributed by atoms with Crippen molar-refractivity contribution in [3.8, 4) is 67.3 Å². The van der Waals surface area contributed by atoms with E-state index >= 15 is 0 Å². The molecule has 3 nitrogen and oxygen atoms in total. The summed E-state index contributed by atoms with van der Waals surface area (Å²) >= 11 is 0. The van der Waals surface area contributed by atoms with Gasteiger partial charge < -0.3 is 0 Å². The number of hydrogen-bond donors (Lipinski definition) is 0. The Hall–Kier alpha value is -7.75. The highest BCUT2D eigenvalue weighted by Gasteiger charge is 2.18. The monoisotopic (exact) mass is 737 g/mol. The van der Waals surface area contributed by atoms with E-state index in [4.69, 9.17) is 4.98 Å². The summed E-state index contributed by atoms with van der Waals surface area (Å²) < 4.78 is 0. The Morgan fingerprint density at radius 1 is 0.259 bits per heavy atom. The molecule has 11 aromatic rings. The van der Waals surface area contributed by atoms with Gasteiger partial charge in [-0.15, -0.1) is 0 Å². The lowest BCUT2D eigenvalue weighted by Gasteiger charge is -2.19. The van der Waals surface area contributed by atoms with Crippen LogP contribution in [0.1, 0.15) is 0 Å². The van der Waals surface area contributed by atoms with Gasteiger partial charge in [-0.2, -0.15) is 0 Å². The Morgan fingerprint density at radius 3 is 1.40 bits per heavy atom. The molecule has 0 saturated heterocycles. The maximum Gasteiger partial charge on any atom is 0.159 e. The number of nitrogens with zero attached hydrogens (tertiary/aromatic N) is 3. The molecule has 0 spiro atoms. The maximum absolute atomic E-state index is 4.99. The van der Waals surface area contributed by atoms with E-state index in [1.165, 1.54) is 65.3 Å². The first-order valence-corrected chi connectivity index (χ1v) is 19.7. The summed E-state index contributed by atoms with van der Waals surface area (Å²) in [5, 5.41) is 9.89. The molecule has 0 amide bonds. The normalized spacial score (nSPS) is 11.4. The molecule has 0 radical (unpaired) electrons. The third-order valence-corrected chi connectivity index (χ3v) is 11.4. The molecule has 2 heterocycles. The summed E-state index contributed by atoms with van der Waals surface area (Å²) in [7, 11) is 0. The van der Waals surface area contributed by atoms with Crippen molar-refractivity contribution in [3.05, 3.63) is 213 Å². The van der Waals surface area contributed by atoms with Crippen molar-refractivity contribution in [2.75, 3.05) is 0 Å². The Kier molecular flexibility index (Phi) is 8.15. The van der Waals surface area contributed by atoms with E-state index in [0.717, 1.165) is 39.2 Å². The average Bonchev–Trinajstić information content (AvgIpc) is 3.30. The molecule has 2 aromatic heterocycles. The van der Waals surface area contributed by atoms with Crippen LogP contribution in [0.4, 0.5) is 0 Å². The fourth-order valence-corrected chi connectivity index (χ4v) is 8.49. The summed E-state index contributed by atoms with van der Waals surface area (Å²) in [6.07, 6.45) is 3.66. The van der Waals surface area contributed by atoms with E-state index < -0.39 is 0 Å². The molecule has 3 heteroatoms. The number of aromatic nitrogens is 3. The van der Waals surface area contributed by atoms with Gasteiger partial charge in [0.2, 0.25) is 0 Å². The van der Waals surface area contributed by atoms with Crippen LogP contribution in [0.2, 0.25) is 0 Å². The van der Waals surface area contributed by atoms with Crippen LogP contribution in [0.25, 0.3) is 110 Å². The summed E-state index contributed by atoms with van der Waals surface area (Å²) in [5.74, 6) is 0.696. The van der Waals surface area contributed by atoms with Crippen molar-refractivity contribution < 1.29 is 0 Å². The third-order valence-electron chi connectivity index (χ3n) is 11.4. The van der Waals surface area contributed by atoms with Crippen molar-refractivity contribution in [3.63, 3.8) is 0 Å². The van der Waals surface area contributed by atoms with Crippen LogP contribution in [0.5, 0.6) is 0 Å². The summed E-state index contributed by atoms with van der Waals surface area (Å²) in [6, 6.07) is 71.8. The quantitative estimate of drug-likeness (QED) is 0.160. The first-order valence-electron chi connectivity index (χ1n) is 19.7. The standard InChI is InChI=1S/C55H35N3/c1-3-11-42-33-45(26-18-36(42)9-1)53-47-13-5-6-14-48(47)54(46-27-19-37-10-2-4-12-43(37)34-46)50-35-44(28-29-49(50)53)38-16-24-41(25-17-38)55-57-32-30-52(58-55)40-22-20-39(21-23-40)51-15-7-8-31-56-51/h1-35H. The van der Waals surface area contributed by atoms with Gasteiger partial charge in [-0.3, -0.25) is 4.98 Å². The average molecular weight is 738 g/mol. The molecule has 58 heavy (non-hydrogen) atoms. The maximum atomic E-state index is 4.99. The molecule has 0 unspecified atom stereocenters. The van der Waals surface area contributed by atoms with Crippen LogP contribution in [0.15, 0.2) is 213 Å². The van der Waals surface area contributed by atoms with Gasteiger partial charge in [0.15, 0.2) is 5.82 Å². The van der Waals surface area contributed by atoms with Crippen LogP contribution in [-0.4, -0.2) is 15.0 Å². The number of pyridine rings is 1. The highest BCUT2D eigenvalue weighted by Crippen LogP contribution is 2.46. The minimum Gasteiger partial charge on any atom is -0.256 e. The first kappa shape index (κ1) is 33.6. The molecular formula is C55H35N3. The van der Waals surface area contributed by atoms with Gasteiger partial charge in [-0.1, -0.05) is 164 Å². The summed E-state index contributed by atoms with van der Waals surface area (Å²) in [4.78, 5) is 14.1. The molecule has 270 valence electrons. The molecule has 0 N–H and O–H groups in total. The zero-order valence-electron chi connectivity index (χ0n) is 31.5. The molecule has 9 aromatic carbocycles. The van der Waals surface area contributed by atoms with Crippen molar-refractivity contribution in [2.45, 2.75) is 0 Å². The smallest absolute Gasteiger partial charge is 0.159 e. The van der Waals surface area contributed by atoms with Crippen molar-refractivity contribution in [1.29, 1.82) is 0 Å². The lowest BCUT2D eigenvalue weighted by molar-refractivity contribution is 1.18. The number of fused-ring (bicyclic) bond motifs is 4. The van der Waals surface area contributed by atoms with E-state index in [1.54, 1.807) is 0 Å². The highest BCUT2D eigenvalue weighted by molar-refractivity contribution is 6.22. The SMILES string of the molecule is c1ccc(-c2ccc(-c3ccnc(-c4ccc(-c5ccc6c(-c7ccc8ccccc8c7)c7ccccc7c(-c7ccc8ccccc8c7)c6c5)cc4)n3)cc2)nc1. The van der Waals surface area contributed by atoms with Crippen LogP contribution in [0, 0.1) is 0 Å². The second-order valence-electron chi connectivity index (χ2n) is 14.8. The minimum atomic E-state index is 0.696. The van der Waals surface area contributed by atoms with E-state index in [1.807, 2.05) is 36.7 Å².